The number of ether oxygens (including phenoxy) is 1. The first kappa shape index (κ1) is 22.1. The molecule has 1 aromatic heterocycles. The number of hydrogen-bond donors (Lipinski definition) is 1. The van der Waals surface area contributed by atoms with Crippen molar-refractivity contribution in [3.05, 3.63) is 57.9 Å². The smallest absolute Gasteiger partial charge is 0.306 e. The molecule has 1 aliphatic heterocycles. The Hall–Kier alpha value is -2.21. The second kappa shape index (κ2) is 10.4. The van der Waals surface area contributed by atoms with Crippen LogP contribution in [-0.2, 0) is 11.3 Å². The fourth-order valence-electron chi connectivity index (χ4n) is 3.16. The highest BCUT2D eigenvalue weighted by atomic mass is 127. The molecule has 10 heteroatoms. The Balaban J connectivity index is 0.00000280. The molecule has 0 aliphatic carbocycles. The van der Waals surface area contributed by atoms with Crippen molar-refractivity contribution in [2.45, 2.75) is 19.6 Å². The zero-order valence-corrected chi connectivity index (χ0v) is 18.3. The van der Waals surface area contributed by atoms with Gasteiger partial charge in [0, 0.05) is 20.1 Å². The lowest BCUT2D eigenvalue weighted by molar-refractivity contribution is -0.385. The number of guanidine groups is 1. The van der Waals surface area contributed by atoms with Gasteiger partial charge in [0.1, 0.15) is 18.5 Å². The minimum absolute atomic E-state index is 0. The average molecular weight is 500 g/mol. The highest BCUT2D eigenvalue weighted by Gasteiger charge is 2.25. The molecule has 0 bridgehead atoms. The van der Waals surface area contributed by atoms with Gasteiger partial charge in [-0.15, -0.1) is 24.0 Å². The standard InChI is InChI=1S/C18H24N6O3.HI/c1-14-5-3-4-6-16(14)17-13-22(9-10-27-17)18(19-2)20-7-8-23-12-15(11-21-23)24(25)26;/h3-6,11-12,17H,7-10,13H2,1-2H3,(H,19,20);1H. The Bertz CT molecular complexity index is 825. The average Bonchev–Trinajstić information content (AvgIpc) is 3.15. The Morgan fingerprint density at radius 2 is 2.25 bits per heavy atom. The predicted molar refractivity (Wildman–Crippen MR) is 117 cm³/mol. The molecular weight excluding hydrogens is 475 g/mol. The number of morpholine rings is 1. The van der Waals surface area contributed by atoms with Gasteiger partial charge in [-0.25, -0.2) is 0 Å². The normalized spacial score (nSPS) is 17.1. The van der Waals surface area contributed by atoms with Crippen molar-refractivity contribution in [2.24, 2.45) is 4.99 Å². The molecule has 0 amide bonds. The molecule has 1 unspecified atom stereocenters. The monoisotopic (exact) mass is 500 g/mol. The Morgan fingerprint density at radius 1 is 1.46 bits per heavy atom. The van der Waals surface area contributed by atoms with E-state index in [-0.39, 0.29) is 35.8 Å². The molecule has 1 N–H and O–H groups in total. The maximum absolute atomic E-state index is 10.7. The summed E-state index contributed by atoms with van der Waals surface area (Å²) in [6, 6.07) is 8.25. The van der Waals surface area contributed by atoms with Gasteiger partial charge in [-0.3, -0.25) is 19.8 Å². The summed E-state index contributed by atoms with van der Waals surface area (Å²) < 4.78 is 7.52. The number of halogens is 1. The molecule has 0 spiro atoms. The van der Waals surface area contributed by atoms with Gasteiger partial charge < -0.3 is 15.0 Å². The van der Waals surface area contributed by atoms with Crippen LogP contribution in [0.1, 0.15) is 17.2 Å². The number of nitro groups is 1. The lowest BCUT2D eigenvalue weighted by atomic mass is 10.0. The van der Waals surface area contributed by atoms with E-state index in [1.165, 1.54) is 23.5 Å². The van der Waals surface area contributed by atoms with Gasteiger partial charge in [0.25, 0.3) is 0 Å². The van der Waals surface area contributed by atoms with Crippen LogP contribution in [0.3, 0.4) is 0 Å². The summed E-state index contributed by atoms with van der Waals surface area (Å²) in [5, 5.41) is 18.0. The molecule has 3 rings (SSSR count). The summed E-state index contributed by atoms with van der Waals surface area (Å²) in [6.07, 6.45) is 2.68. The SMILES string of the molecule is CN=C(NCCn1cc([N+](=O)[O-])cn1)N1CCOC(c2ccccc2C)C1.I. The highest BCUT2D eigenvalue weighted by molar-refractivity contribution is 14.0. The topological polar surface area (TPSA) is 97.8 Å². The summed E-state index contributed by atoms with van der Waals surface area (Å²) in [5.41, 5.74) is 2.41. The summed E-state index contributed by atoms with van der Waals surface area (Å²) in [7, 11) is 1.75. The van der Waals surface area contributed by atoms with E-state index in [2.05, 4.69) is 39.4 Å². The summed E-state index contributed by atoms with van der Waals surface area (Å²) in [4.78, 5) is 16.8. The Labute approximate surface area is 180 Å². The van der Waals surface area contributed by atoms with Gasteiger partial charge >= 0.3 is 5.69 Å². The van der Waals surface area contributed by atoms with Crippen LogP contribution in [0.15, 0.2) is 41.7 Å². The van der Waals surface area contributed by atoms with Crippen molar-refractivity contribution in [3.8, 4) is 0 Å². The number of benzene rings is 1. The summed E-state index contributed by atoms with van der Waals surface area (Å²) in [5.74, 6) is 0.790. The third-order valence-electron chi connectivity index (χ3n) is 4.57. The van der Waals surface area contributed by atoms with Crippen molar-refractivity contribution in [1.82, 2.24) is 20.0 Å². The fourth-order valence-corrected chi connectivity index (χ4v) is 3.16. The zero-order chi connectivity index (χ0) is 19.2. The molecule has 1 aliphatic rings. The summed E-state index contributed by atoms with van der Waals surface area (Å²) >= 11 is 0. The first-order valence-corrected chi connectivity index (χ1v) is 8.88. The number of hydrogen-bond acceptors (Lipinski definition) is 5. The Morgan fingerprint density at radius 3 is 2.93 bits per heavy atom. The van der Waals surface area contributed by atoms with Crippen LogP contribution in [-0.4, -0.2) is 58.9 Å². The number of aromatic nitrogens is 2. The molecule has 2 aromatic rings. The van der Waals surface area contributed by atoms with Crippen molar-refractivity contribution in [2.75, 3.05) is 33.3 Å². The second-order valence-electron chi connectivity index (χ2n) is 6.35. The highest BCUT2D eigenvalue weighted by Crippen LogP contribution is 2.24. The number of nitrogens with zero attached hydrogens (tertiary/aromatic N) is 5. The molecule has 1 atom stereocenters. The molecule has 0 radical (unpaired) electrons. The van der Waals surface area contributed by atoms with Crippen LogP contribution in [0, 0.1) is 17.0 Å². The third-order valence-corrected chi connectivity index (χ3v) is 4.57. The van der Waals surface area contributed by atoms with Crippen LogP contribution in [0.2, 0.25) is 0 Å². The van der Waals surface area contributed by atoms with Gasteiger partial charge in [-0.05, 0) is 18.1 Å². The maximum atomic E-state index is 10.7. The maximum Gasteiger partial charge on any atom is 0.306 e. The molecule has 0 saturated carbocycles. The van der Waals surface area contributed by atoms with E-state index in [0.717, 1.165) is 19.0 Å². The molecule has 1 fully saturated rings. The van der Waals surface area contributed by atoms with E-state index in [4.69, 9.17) is 4.74 Å². The van der Waals surface area contributed by atoms with Gasteiger partial charge in [-0.2, -0.15) is 5.10 Å². The van der Waals surface area contributed by atoms with E-state index in [0.29, 0.717) is 19.7 Å². The number of aliphatic imine (C=N–C) groups is 1. The minimum atomic E-state index is -0.449. The first-order valence-electron chi connectivity index (χ1n) is 8.88. The van der Waals surface area contributed by atoms with Crippen LogP contribution in [0.25, 0.3) is 0 Å². The number of rotatable bonds is 5. The van der Waals surface area contributed by atoms with Crippen LogP contribution in [0.4, 0.5) is 5.69 Å². The third kappa shape index (κ3) is 5.41. The molecule has 9 nitrogen and oxygen atoms in total. The van der Waals surface area contributed by atoms with E-state index in [1.54, 1.807) is 11.7 Å². The minimum Gasteiger partial charge on any atom is -0.370 e. The molecule has 152 valence electrons. The van der Waals surface area contributed by atoms with Crippen molar-refractivity contribution >= 4 is 35.6 Å². The predicted octanol–water partition coefficient (Wildman–Crippen LogP) is 2.37. The van der Waals surface area contributed by atoms with Gasteiger partial charge in [-0.1, -0.05) is 24.3 Å². The lowest BCUT2D eigenvalue weighted by Crippen LogP contribution is -2.48. The molecule has 28 heavy (non-hydrogen) atoms. The van der Waals surface area contributed by atoms with Crippen molar-refractivity contribution in [3.63, 3.8) is 0 Å². The van der Waals surface area contributed by atoms with Crippen LogP contribution in [0.5, 0.6) is 0 Å². The van der Waals surface area contributed by atoms with Crippen LogP contribution < -0.4 is 5.32 Å². The van der Waals surface area contributed by atoms with Gasteiger partial charge in [0.15, 0.2) is 5.96 Å². The summed E-state index contributed by atoms with van der Waals surface area (Å²) in [6.45, 7) is 5.28. The second-order valence-corrected chi connectivity index (χ2v) is 6.35. The zero-order valence-electron chi connectivity index (χ0n) is 15.9. The molecular formula is C18H25IN6O3. The fraction of sp³-hybridized carbons (Fsp3) is 0.444. The molecule has 2 heterocycles. The molecule has 1 saturated heterocycles. The largest absolute Gasteiger partial charge is 0.370 e. The van der Waals surface area contributed by atoms with Gasteiger partial charge in [0.2, 0.25) is 0 Å². The van der Waals surface area contributed by atoms with Crippen molar-refractivity contribution < 1.29 is 9.66 Å². The quantitative estimate of drug-likeness (QED) is 0.223. The van der Waals surface area contributed by atoms with E-state index < -0.39 is 4.92 Å². The number of aryl methyl sites for hydroxylation is 1. The van der Waals surface area contributed by atoms with Crippen LogP contribution >= 0.6 is 24.0 Å². The van der Waals surface area contributed by atoms with Crippen molar-refractivity contribution in [1.29, 1.82) is 0 Å². The molecule has 1 aromatic carbocycles. The lowest BCUT2D eigenvalue weighted by Gasteiger charge is -2.35. The van der Waals surface area contributed by atoms with E-state index >= 15 is 0 Å². The Kier molecular flexibility index (Phi) is 8.18. The van der Waals surface area contributed by atoms with Gasteiger partial charge in [0.05, 0.1) is 24.6 Å². The van der Waals surface area contributed by atoms with E-state index in [9.17, 15) is 10.1 Å². The number of nitrogens with one attached hydrogen (secondary N) is 1. The first-order chi connectivity index (χ1) is 13.1. The van der Waals surface area contributed by atoms with E-state index in [1.807, 2.05) is 12.1 Å².